The second-order valence-corrected chi connectivity index (χ2v) is 6.82. The number of aliphatic hydroxyl groups is 6. The number of aliphatic hydroxyl groups excluding tert-OH is 6. The van der Waals surface area contributed by atoms with Crippen LogP contribution in [-0.4, -0.2) is 78.3 Å². The lowest BCUT2D eigenvalue weighted by molar-refractivity contribution is -0.130. The van der Waals surface area contributed by atoms with E-state index >= 15 is 0 Å². The minimum atomic E-state index is -1.87. The van der Waals surface area contributed by atoms with Crippen molar-refractivity contribution in [1.29, 1.82) is 0 Å². The van der Waals surface area contributed by atoms with Gasteiger partial charge in [0.25, 0.3) is 0 Å². The fourth-order valence-corrected chi connectivity index (χ4v) is 2.59. The van der Waals surface area contributed by atoms with Gasteiger partial charge in [0.1, 0.15) is 30.5 Å². The molecule has 1 aromatic carbocycles. The summed E-state index contributed by atoms with van der Waals surface area (Å²) in [6.07, 6.45) is -7.87. The molecule has 0 fully saturated rings. The molecule has 0 aromatic heterocycles. The highest BCUT2D eigenvalue weighted by Gasteiger charge is 2.33. The molecule has 1 aromatic rings. The summed E-state index contributed by atoms with van der Waals surface area (Å²) in [5.74, 6) is 0.636. The van der Waals surface area contributed by atoms with Crippen molar-refractivity contribution < 1.29 is 30.6 Å². The lowest BCUT2D eigenvalue weighted by Crippen LogP contribution is -2.50. The summed E-state index contributed by atoms with van der Waals surface area (Å²) in [5, 5.41) is 60.1. The van der Waals surface area contributed by atoms with Crippen molar-refractivity contribution in [3.8, 4) is 0 Å². The summed E-state index contributed by atoms with van der Waals surface area (Å²) in [4.78, 5) is 0. The minimum Gasteiger partial charge on any atom is -0.394 e. The van der Waals surface area contributed by atoms with E-state index in [0.717, 1.165) is 11.8 Å². The van der Waals surface area contributed by atoms with Gasteiger partial charge in [-0.05, 0) is 5.56 Å². The number of benzene rings is 1. The Morgan fingerprint density at radius 3 is 2.32 bits per heavy atom. The van der Waals surface area contributed by atoms with Crippen LogP contribution in [0.15, 0.2) is 35.4 Å². The second kappa shape index (κ2) is 11.5. The fourth-order valence-electron chi connectivity index (χ4n) is 1.75. The van der Waals surface area contributed by atoms with Gasteiger partial charge in [0, 0.05) is 5.75 Å². The van der Waals surface area contributed by atoms with Crippen LogP contribution in [-0.2, 0) is 5.75 Å². The number of thioether (sulfide) groups is 1. The van der Waals surface area contributed by atoms with Gasteiger partial charge in [-0.25, -0.2) is 0 Å². The molecule has 0 spiro atoms. The average molecular weight is 390 g/mol. The topological polar surface area (TPSA) is 146 Å². The molecule has 0 aliphatic heterocycles. The molecule has 0 heterocycles. The number of thiocarbonyl (C=S) groups is 1. The summed E-state index contributed by atoms with van der Waals surface area (Å²) < 4.78 is 0.345. The molecule has 0 amide bonds. The van der Waals surface area contributed by atoms with E-state index in [2.05, 4.69) is 10.5 Å². The highest BCUT2D eigenvalue weighted by Crippen LogP contribution is 2.12. The maximum absolute atomic E-state index is 9.71. The van der Waals surface area contributed by atoms with E-state index in [1.54, 1.807) is 0 Å². The molecule has 0 unspecified atom stereocenters. The number of hydrazone groups is 1. The van der Waals surface area contributed by atoms with Gasteiger partial charge in [-0.3, -0.25) is 5.43 Å². The van der Waals surface area contributed by atoms with E-state index in [-0.39, 0.29) is 0 Å². The van der Waals surface area contributed by atoms with Gasteiger partial charge in [-0.2, -0.15) is 5.10 Å². The Morgan fingerprint density at radius 1 is 1.08 bits per heavy atom. The van der Waals surface area contributed by atoms with Gasteiger partial charge >= 0.3 is 0 Å². The maximum atomic E-state index is 9.71. The standard InChI is InChI=1S/C15H22N2O6S2/c18-7-11(20)13(22)14(23)12(21)10(19)6-16-17-15(24)25-8-9-4-2-1-3-5-9/h1-6,10-14,18-23H,7-8H2,(H,17,24)/b16-6+/t10-,11-,12+,13+,14-/m1/s1. The number of rotatable bonds is 9. The van der Waals surface area contributed by atoms with Crippen LogP contribution in [0.3, 0.4) is 0 Å². The molecule has 0 aliphatic rings. The zero-order valence-corrected chi connectivity index (χ0v) is 14.8. The third-order valence-electron chi connectivity index (χ3n) is 3.23. The Labute approximate surface area is 154 Å². The third kappa shape index (κ3) is 7.75. The van der Waals surface area contributed by atoms with E-state index in [1.807, 2.05) is 30.3 Å². The van der Waals surface area contributed by atoms with E-state index in [1.165, 1.54) is 11.8 Å². The van der Waals surface area contributed by atoms with Crippen molar-refractivity contribution in [3.63, 3.8) is 0 Å². The van der Waals surface area contributed by atoms with Crippen LogP contribution in [0.1, 0.15) is 5.56 Å². The second-order valence-electron chi connectivity index (χ2n) is 5.16. The van der Waals surface area contributed by atoms with Crippen LogP contribution < -0.4 is 5.43 Å². The molecule has 8 nitrogen and oxygen atoms in total. The van der Waals surface area contributed by atoms with Crippen molar-refractivity contribution >= 4 is 34.5 Å². The van der Waals surface area contributed by atoms with E-state index < -0.39 is 37.1 Å². The molecular formula is C15H22N2O6S2. The van der Waals surface area contributed by atoms with Crippen LogP contribution in [0.25, 0.3) is 0 Å². The predicted molar refractivity (Wildman–Crippen MR) is 99.1 cm³/mol. The van der Waals surface area contributed by atoms with Gasteiger partial charge in [0.2, 0.25) is 0 Å². The average Bonchev–Trinajstić information content (AvgIpc) is 2.64. The molecular weight excluding hydrogens is 368 g/mol. The molecule has 0 radical (unpaired) electrons. The maximum Gasteiger partial charge on any atom is 0.154 e. The Morgan fingerprint density at radius 2 is 1.72 bits per heavy atom. The molecule has 0 aliphatic carbocycles. The first-order chi connectivity index (χ1) is 11.9. The van der Waals surface area contributed by atoms with Crippen molar-refractivity contribution in [1.82, 2.24) is 5.43 Å². The van der Waals surface area contributed by atoms with Crippen molar-refractivity contribution in [2.45, 2.75) is 36.3 Å². The SMILES string of the molecule is OC[C@@H](O)[C@H](O)[C@H](O)[C@@H](O)[C@H](O)/C=N/NC(=S)SCc1ccccc1. The van der Waals surface area contributed by atoms with Crippen LogP contribution >= 0.6 is 24.0 Å². The van der Waals surface area contributed by atoms with E-state index in [9.17, 15) is 25.5 Å². The van der Waals surface area contributed by atoms with Crippen LogP contribution in [0, 0.1) is 0 Å². The van der Waals surface area contributed by atoms with Crippen LogP contribution in [0.5, 0.6) is 0 Å². The van der Waals surface area contributed by atoms with Crippen LogP contribution in [0.4, 0.5) is 0 Å². The zero-order valence-electron chi connectivity index (χ0n) is 13.2. The summed E-state index contributed by atoms with van der Waals surface area (Å²) >= 11 is 6.38. The van der Waals surface area contributed by atoms with Crippen molar-refractivity contribution in [2.24, 2.45) is 5.10 Å². The molecule has 0 bridgehead atoms. The normalized spacial score (nSPS) is 17.7. The zero-order chi connectivity index (χ0) is 18.8. The van der Waals surface area contributed by atoms with Crippen LogP contribution in [0.2, 0.25) is 0 Å². The fraction of sp³-hybridized carbons (Fsp3) is 0.467. The molecule has 0 saturated carbocycles. The highest BCUT2D eigenvalue weighted by molar-refractivity contribution is 8.22. The van der Waals surface area contributed by atoms with Crippen molar-refractivity contribution in [2.75, 3.05) is 6.61 Å². The van der Waals surface area contributed by atoms with Gasteiger partial charge < -0.3 is 30.6 Å². The lowest BCUT2D eigenvalue weighted by atomic mass is 10.00. The number of nitrogens with zero attached hydrogens (tertiary/aromatic N) is 1. The smallest absolute Gasteiger partial charge is 0.154 e. The number of hydrogen-bond acceptors (Lipinski definition) is 9. The molecule has 7 N–H and O–H groups in total. The first-order valence-electron chi connectivity index (χ1n) is 7.38. The largest absolute Gasteiger partial charge is 0.394 e. The monoisotopic (exact) mass is 390 g/mol. The molecule has 0 saturated heterocycles. The minimum absolute atomic E-state index is 0.345. The summed E-state index contributed by atoms with van der Waals surface area (Å²) in [7, 11) is 0. The molecule has 10 heteroatoms. The summed E-state index contributed by atoms with van der Waals surface area (Å²) in [5.41, 5.74) is 3.58. The van der Waals surface area contributed by atoms with Gasteiger partial charge in [0.15, 0.2) is 4.32 Å². The molecule has 1 rings (SSSR count). The summed E-state index contributed by atoms with van der Waals surface area (Å²) in [6, 6.07) is 9.64. The van der Waals surface area contributed by atoms with Gasteiger partial charge in [-0.1, -0.05) is 54.3 Å². The summed E-state index contributed by atoms with van der Waals surface area (Å²) in [6.45, 7) is -0.802. The quantitative estimate of drug-likeness (QED) is 0.153. The number of nitrogens with one attached hydrogen (secondary N) is 1. The Bertz CT molecular complexity index is 548. The Kier molecular flexibility index (Phi) is 10.1. The lowest BCUT2D eigenvalue weighted by Gasteiger charge is -2.26. The molecule has 140 valence electrons. The van der Waals surface area contributed by atoms with E-state index in [0.29, 0.717) is 10.1 Å². The first-order valence-corrected chi connectivity index (χ1v) is 8.77. The van der Waals surface area contributed by atoms with Gasteiger partial charge in [0.05, 0.1) is 12.8 Å². The molecule has 25 heavy (non-hydrogen) atoms. The molecule has 5 atom stereocenters. The predicted octanol–water partition coefficient (Wildman–Crippen LogP) is -1.42. The first kappa shape index (κ1) is 21.9. The Balaban J connectivity index is 2.39. The van der Waals surface area contributed by atoms with Gasteiger partial charge in [-0.15, -0.1) is 0 Å². The van der Waals surface area contributed by atoms with Crippen molar-refractivity contribution in [3.05, 3.63) is 35.9 Å². The number of hydrogen-bond donors (Lipinski definition) is 7. The highest BCUT2D eigenvalue weighted by atomic mass is 32.2. The third-order valence-corrected chi connectivity index (χ3v) is 4.50. The van der Waals surface area contributed by atoms with E-state index in [4.69, 9.17) is 17.3 Å². The Hall–Kier alpha value is -1.11.